The summed E-state index contributed by atoms with van der Waals surface area (Å²) in [6.07, 6.45) is 15.8. The average Bonchev–Trinajstić information content (AvgIpc) is 2.93. The van der Waals surface area contributed by atoms with Crippen molar-refractivity contribution in [3.63, 3.8) is 0 Å². The van der Waals surface area contributed by atoms with Crippen LogP contribution < -0.4 is 0 Å². The molecule has 0 aromatic rings. The molecule has 2 saturated carbocycles. The molecule has 0 heterocycles. The highest BCUT2D eigenvalue weighted by atomic mass is 16.5. The first-order valence-electron chi connectivity index (χ1n) is 11.2. The summed E-state index contributed by atoms with van der Waals surface area (Å²) < 4.78 is 4.62. The van der Waals surface area contributed by atoms with Crippen LogP contribution in [0.3, 0.4) is 0 Å². The molecule has 0 radical (unpaired) electrons. The van der Waals surface area contributed by atoms with Gasteiger partial charge in [0.2, 0.25) is 0 Å². The lowest BCUT2D eigenvalue weighted by molar-refractivity contribution is -0.140. The number of Topliss-reactive ketones (excluding diaryl/α,β-unsaturated/α-hetero) is 1. The predicted molar refractivity (Wildman–Crippen MR) is 113 cm³/mol. The highest BCUT2D eigenvalue weighted by Crippen LogP contribution is 2.48. The minimum Gasteiger partial charge on any atom is -0.469 e. The van der Waals surface area contributed by atoms with Gasteiger partial charge in [0.15, 0.2) is 0 Å². The second kappa shape index (κ2) is 11.7. The molecular formula is C24H38O5. The fourth-order valence-corrected chi connectivity index (χ4v) is 4.85. The average molecular weight is 407 g/mol. The lowest BCUT2D eigenvalue weighted by atomic mass is 9.62. The van der Waals surface area contributed by atoms with E-state index in [0.717, 1.165) is 38.5 Å². The number of esters is 1. The molecule has 1 unspecified atom stereocenters. The van der Waals surface area contributed by atoms with E-state index in [0.29, 0.717) is 19.3 Å². The number of aliphatic hydroxyl groups is 2. The van der Waals surface area contributed by atoms with Crippen molar-refractivity contribution >= 4 is 11.8 Å². The first kappa shape index (κ1) is 23.8. The maximum absolute atomic E-state index is 12.3. The Morgan fingerprint density at radius 3 is 2.69 bits per heavy atom. The van der Waals surface area contributed by atoms with Crippen LogP contribution in [0.2, 0.25) is 0 Å². The summed E-state index contributed by atoms with van der Waals surface area (Å²) in [5.41, 5.74) is 0.0789. The minimum absolute atomic E-state index is 0.0789. The fourth-order valence-electron chi connectivity index (χ4n) is 4.85. The van der Waals surface area contributed by atoms with Gasteiger partial charge in [0.05, 0.1) is 19.3 Å². The molecule has 5 nitrogen and oxygen atoms in total. The summed E-state index contributed by atoms with van der Waals surface area (Å²) in [7, 11) is 1.39. The topological polar surface area (TPSA) is 83.8 Å². The zero-order chi connectivity index (χ0) is 21.3. The van der Waals surface area contributed by atoms with Gasteiger partial charge in [0, 0.05) is 24.7 Å². The van der Waals surface area contributed by atoms with Gasteiger partial charge in [-0.15, -0.1) is 0 Å². The van der Waals surface area contributed by atoms with Gasteiger partial charge in [-0.25, -0.2) is 0 Å². The van der Waals surface area contributed by atoms with Crippen molar-refractivity contribution in [3.05, 3.63) is 24.3 Å². The van der Waals surface area contributed by atoms with Crippen LogP contribution in [-0.2, 0) is 14.3 Å². The van der Waals surface area contributed by atoms with E-state index in [-0.39, 0.29) is 41.5 Å². The Balaban J connectivity index is 1.83. The van der Waals surface area contributed by atoms with Crippen molar-refractivity contribution in [1.29, 1.82) is 0 Å². The molecule has 2 rings (SSSR count). The number of ketones is 1. The number of hydrogen-bond acceptors (Lipinski definition) is 5. The highest BCUT2D eigenvalue weighted by molar-refractivity contribution is 5.84. The molecule has 0 saturated heterocycles. The standard InChI is InChI=1S/C24H38O5/c1-3-14-24(15-9-16-24)22(27)12-8-11-19-18(20(25)17-21(19)26)10-6-4-5-7-13-23(28)29-2/h4,6,8,11,18-19,21-22,26-27H,3,5,7,9-10,12-17H2,1-2H3/t18-,19-,21-,22?/m1/s1. The van der Waals surface area contributed by atoms with Crippen LogP contribution in [0.1, 0.15) is 77.6 Å². The van der Waals surface area contributed by atoms with Gasteiger partial charge in [0.25, 0.3) is 0 Å². The van der Waals surface area contributed by atoms with Crippen molar-refractivity contribution in [3.8, 4) is 0 Å². The third kappa shape index (κ3) is 6.51. The number of ether oxygens (including phenoxy) is 1. The van der Waals surface area contributed by atoms with Crippen molar-refractivity contribution in [2.24, 2.45) is 17.3 Å². The summed E-state index contributed by atoms with van der Waals surface area (Å²) >= 11 is 0. The quantitative estimate of drug-likeness (QED) is 0.289. The first-order valence-corrected chi connectivity index (χ1v) is 11.2. The molecule has 2 aliphatic rings. The van der Waals surface area contributed by atoms with Crippen LogP contribution in [0.25, 0.3) is 0 Å². The lowest BCUT2D eigenvalue weighted by Crippen LogP contribution is -2.41. The van der Waals surface area contributed by atoms with Crippen LogP contribution >= 0.6 is 0 Å². The largest absolute Gasteiger partial charge is 0.469 e. The third-order valence-corrected chi connectivity index (χ3v) is 6.79. The Morgan fingerprint density at radius 2 is 2.07 bits per heavy atom. The Hall–Kier alpha value is -1.46. The van der Waals surface area contributed by atoms with Gasteiger partial charge >= 0.3 is 5.97 Å². The number of carbonyl (C=O) groups is 2. The molecule has 2 aliphatic carbocycles. The van der Waals surface area contributed by atoms with E-state index in [1.807, 2.05) is 24.3 Å². The number of allylic oxidation sites excluding steroid dienone is 2. The van der Waals surface area contributed by atoms with Gasteiger partial charge in [0.1, 0.15) is 5.78 Å². The molecule has 2 fully saturated rings. The van der Waals surface area contributed by atoms with Gasteiger partial charge in [-0.05, 0) is 50.4 Å². The molecule has 5 heteroatoms. The molecule has 29 heavy (non-hydrogen) atoms. The zero-order valence-corrected chi connectivity index (χ0v) is 18.0. The van der Waals surface area contributed by atoms with Crippen molar-refractivity contribution < 1.29 is 24.5 Å². The number of rotatable bonds is 12. The van der Waals surface area contributed by atoms with Crippen LogP contribution in [0, 0.1) is 17.3 Å². The molecular weight excluding hydrogens is 368 g/mol. The van der Waals surface area contributed by atoms with E-state index in [9.17, 15) is 19.8 Å². The number of hydrogen-bond donors (Lipinski definition) is 2. The van der Waals surface area contributed by atoms with Crippen LogP contribution in [0.4, 0.5) is 0 Å². The zero-order valence-electron chi connectivity index (χ0n) is 18.0. The molecule has 0 aromatic heterocycles. The summed E-state index contributed by atoms with van der Waals surface area (Å²) in [4.78, 5) is 23.4. The normalized spacial score (nSPS) is 27.4. The number of unbranched alkanes of at least 4 members (excludes halogenated alkanes) is 1. The first-order chi connectivity index (χ1) is 13.9. The van der Waals surface area contributed by atoms with Crippen molar-refractivity contribution in [2.75, 3.05) is 7.11 Å². The van der Waals surface area contributed by atoms with Gasteiger partial charge in [-0.3, -0.25) is 9.59 Å². The van der Waals surface area contributed by atoms with E-state index in [2.05, 4.69) is 11.7 Å². The molecule has 0 spiro atoms. The van der Waals surface area contributed by atoms with Gasteiger partial charge < -0.3 is 14.9 Å². The minimum atomic E-state index is -0.637. The Labute approximate surface area is 175 Å². The van der Waals surface area contributed by atoms with Gasteiger partial charge in [-0.2, -0.15) is 0 Å². The fraction of sp³-hybridized carbons (Fsp3) is 0.750. The summed E-state index contributed by atoms with van der Waals surface area (Å²) in [6.45, 7) is 2.16. The molecule has 4 atom stereocenters. The monoisotopic (exact) mass is 406 g/mol. The maximum atomic E-state index is 12.3. The lowest BCUT2D eigenvalue weighted by Gasteiger charge is -2.45. The second-order valence-corrected chi connectivity index (χ2v) is 8.74. The van der Waals surface area contributed by atoms with Crippen molar-refractivity contribution in [2.45, 2.75) is 89.8 Å². The molecule has 0 aliphatic heterocycles. The Morgan fingerprint density at radius 1 is 1.31 bits per heavy atom. The molecule has 164 valence electrons. The van der Waals surface area contributed by atoms with Crippen LogP contribution in [0.15, 0.2) is 24.3 Å². The van der Waals surface area contributed by atoms with Crippen molar-refractivity contribution in [1.82, 2.24) is 0 Å². The maximum Gasteiger partial charge on any atom is 0.305 e. The third-order valence-electron chi connectivity index (χ3n) is 6.79. The molecule has 2 N–H and O–H groups in total. The molecule has 0 aromatic carbocycles. The van der Waals surface area contributed by atoms with E-state index in [1.54, 1.807) is 0 Å². The smallest absolute Gasteiger partial charge is 0.305 e. The molecule has 0 bridgehead atoms. The van der Waals surface area contributed by atoms with Gasteiger partial charge in [-0.1, -0.05) is 44.1 Å². The molecule has 0 amide bonds. The van der Waals surface area contributed by atoms with Crippen LogP contribution in [0.5, 0.6) is 0 Å². The predicted octanol–water partition coefficient (Wildman–Crippen LogP) is 4.12. The number of aliphatic hydroxyl groups excluding tert-OH is 2. The Bertz CT molecular complexity index is 590. The summed E-state index contributed by atoms with van der Waals surface area (Å²) in [6, 6.07) is 0. The number of carbonyl (C=O) groups excluding carboxylic acids is 2. The van der Waals surface area contributed by atoms with E-state index in [4.69, 9.17) is 0 Å². The highest BCUT2D eigenvalue weighted by Gasteiger charge is 2.42. The second-order valence-electron chi connectivity index (χ2n) is 8.74. The van der Waals surface area contributed by atoms with E-state index in [1.165, 1.54) is 13.5 Å². The van der Waals surface area contributed by atoms with E-state index >= 15 is 0 Å². The SMILES string of the molecule is CCCC1(C(O)CC=C[C@H]2[C@H](O)CC(=O)[C@@H]2CC=CCCCC(=O)OC)CCC1. The number of methoxy groups -OCH3 is 1. The Kier molecular flexibility index (Phi) is 9.57. The van der Waals surface area contributed by atoms with Crippen LogP contribution in [-0.4, -0.2) is 41.3 Å². The summed E-state index contributed by atoms with van der Waals surface area (Å²) in [5.74, 6) is -0.489. The summed E-state index contributed by atoms with van der Waals surface area (Å²) in [5, 5.41) is 21.0. The van der Waals surface area contributed by atoms with E-state index < -0.39 is 6.10 Å².